The third-order valence-corrected chi connectivity index (χ3v) is 5.68. The molecule has 2 N–H and O–H groups in total. The van der Waals surface area contributed by atoms with Crippen molar-refractivity contribution >= 4 is 0 Å². The summed E-state index contributed by atoms with van der Waals surface area (Å²) >= 11 is 0. The molecule has 1 saturated carbocycles. The van der Waals surface area contributed by atoms with Gasteiger partial charge in [-0.15, -0.1) is 0 Å². The van der Waals surface area contributed by atoms with Gasteiger partial charge in [-0.25, -0.2) is 0 Å². The SMILES string of the molecule is CC1CCC(C(C)C)C(NC2CCc3c(O)cccc32)C1. The second-order valence-electron chi connectivity index (χ2n) is 7.54. The summed E-state index contributed by atoms with van der Waals surface area (Å²) in [4.78, 5) is 0. The first kappa shape index (κ1) is 14.9. The molecule has 1 fully saturated rings. The first-order chi connectivity index (χ1) is 10.1. The van der Waals surface area contributed by atoms with E-state index in [1.54, 1.807) is 0 Å². The zero-order valence-electron chi connectivity index (χ0n) is 13.6. The summed E-state index contributed by atoms with van der Waals surface area (Å²) in [6, 6.07) is 7.06. The summed E-state index contributed by atoms with van der Waals surface area (Å²) in [5.41, 5.74) is 2.50. The second-order valence-corrected chi connectivity index (χ2v) is 7.54. The van der Waals surface area contributed by atoms with Crippen LogP contribution in [0.15, 0.2) is 18.2 Å². The van der Waals surface area contributed by atoms with E-state index in [1.165, 1.54) is 30.4 Å². The molecule has 116 valence electrons. The maximum atomic E-state index is 10.0. The van der Waals surface area contributed by atoms with E-state index in [4.69, 9.17) is 0 Å². The van der Waals surface area contributed by atoms with Gasteiger partial charge in [-0.1, -0.05) is 39.3 Å². The van der Waals surface area contributed by atoms with Gasteiger partial charge in [0.2, 0.25) is 0 Å². The molecule has 21 heavy (non-hydrogen) atoms. The lowest BCUT2D eigenvalue weighted by Crippen LogP contribution is -2.44. The minimum Gasteiger partial charge on any atom is -0.508 e. The Labute approximate surface area is 129 Å². The number of hydrogen-bond acceptors (Lipinski definition) is 2. The van der Waals surface area contributed by atoms with Gasteiger partial charge in [-0.3, -0.25) is 0 Å². The summed E-state index contributed by atoms with van der Waals surface area (Å²) in [5.74, 6) is 2.86. The number of phenolic OH excluding ortho intramolecular Hbond substituents is 1. The van der Waals surface area contributed by atoms with E-state index >= 15 is 0 Å². The molecule has 2 aliphatic rings. The molecule has 0 bridgehead atoms. The Kier molecular flexibility index (Phi) is 4.26. The fourth-order valence-electron chi connectivity index (χ4n) is 4.46. The third-order valence-electron chi connectivity index (χ3n) is 5.68. The lowest BCUT2D eigenvalue weighted by Gasteiger charge is -2.39. The van der Waals surface area contributed by atoms with E-state index in [-0.39, 0.29) is 0 Å². The molecular weight excluding hydrogens is 258 g/mol. The highest BCUT2D eigenvalue weighted by molar-refractivity contribution is 5.44. The second kappa shape index (κ2) is 6.00. The van der Waals surface area contributed by atoms with Gasteiger partial charge in [0.15, 0.2) is 0 Å². The van der Waals surface area contributed by atoms with Crippen molar-refractivity contribution in [1.29, 1.82) is 0 Å². The number of aromatic hydroxyl groups is 1. The highest BCUT2D eigenvalue weighted by atomic mass is 16.3. The van der Waals surface area contributed by atoms with Crippen molar-refractivity contribution < 1.29 is 5.11 Å². The Morgan fingerprint density at radius 2 is 2.00 bits per heavy atom. The predicted molar refractivity (Wildman–Crippen MR) is 87.4 cm³/mol. The fraction of sp³-hybridized carbons (Fsp3) is 0.684. The van der Waals surface area contributed by atoms with E-state index in [1.807, 2.05) is 12.1 Å². The molecule has 0 aromatic heterocycles. The van der Waals surface area contributed by atoms with Crippen LogP contribution in [0.1, 0.15) is 63.6 Å². The predicted octanol–water partition coefficient (Wildman–Crippen LogP) is 4.43. The maximum Gasteiger partial charge on any atom is 0.119 e. The average Bonchev–Trinajstić information content (AvgIpc) is 2.83. The first-order valence-corrected chi connectivity index (χ1v) is 8.63. The molecular formula is C19H29NO. The Bertz CT molecular complexity index is 496. The van der Waals surface area contributed by atoms with Crippen LogP contribution in [0.4, 0.5) is 0 Å². The first-order valence-electron chi connectivity index (χ1n) is 8.63. The molecule has 2 aliphatic carbocycles. The standard InChI is InChI=1S/C19H29NO/c1-12(2)14-8-7-13(3)11-18(14)20-17-10-9-16-15(17)5-4-6-19(16)21/h4-6,12-14,17-18,20-21H,7-11H2,1-3H3. The Balaban J connectivity index is 1.76. The minimum absolute atomic E-state index is 0.434. The molecule has 0 saturated heterocycles. The van der Waals surface area contributed by atoms with Crippen LogP contribution in [0.2, 0.25) is 0 Å². The summed E-state index contributed by atoms with van der Waals surface area (Å²) in [7, 11) is 0. The monoisotopic (exact) mass is 287 g/mol. The van der Waals surface area contributed by atoms with Crippen molar-refractivity contribution in [3.05, 3.63) is 29.3 Å². The van der Waals surface area contributed by atoms with Crippen molar-refractivity contribution in [2.75, 3.05) is 0 Å². The van der Waals surface area contributed by atoms with Crippen molar-refractivity contribution in [1.82, 2.24) is 5.32 Å². The number of benzene rings is 1. The number of rotatable bonds is 3. The maximum absolute atomic E-state index is 10.0. The van der Waals surface area contributed by atoms with Crippen LogP contribution in [-0.4, -0.2) is 11.1 Å². The Hall–Kier alpha value is -1.02. The molecule has 0 amide bonds. The van der Waals surface area contributed by atoms with Crippen molar-refractivity contribution in [3.63, 3.8) is 0 Å². The van der Waals surface area contributed by atoms with Gasteiger partial charge in [0.25, 0.3) is 0 Å². The zero-order chi connectivity index (χ0) is 15.0. The average molecular weight is 287 g/mol. The molecule has 0 aliphatic heterocycles. The summed E-state index contributed by atoms with van der Waals surface area (Å²) in [6.07, 6.45) is 6.17. The summed E-state index contributed by atoms with van der Waals surface area (Å²) < 4.78 is 0. The van der Waals surface area contributed by atoms with Crippen molar-refractivity contribution in [3.8, 4) is 5.75 Å². The van der Waals surface area contributed by atoms with Crippen LogP contribution in [0.25, 0.3) is 0 Å². The summed E-state index contributed by atoms with van der Waals surface area (Å²) in [6.45, 7) is 7.12. The Morgan fingerprint density at radius 1 is 1.19 bits per heavy atom. The molecule has 1 aromatic rings. The van der Waals surface area contributed by atoms with Gasteiger partial charge in [-0.05, 0) is 60.6 Å². The van der Waals surface area contributed by atoms with E-state index in [2.05, 4.69) is 32.2 Å². The molecule has 0 spiro atoms. The van der Waals surface area contributed by atoms with Crippen LogP contribution < -0.4 is 5.32 Å². The van der Waals surface area contributed by atoms with E-state index in [0.717, 1.165) is 30.6 Å². The minimum atomic E-state index is 0.434. The third kappa shape index (κ3) is 2.96. The van der Waals surface area contributed by atoms with Gasteiger partial charge in [0.1, 0.15) is 5.75 Å². The molecule has 0 heterocycles. The van der Waals surface area contributed by atoms with Gasteiger partial charge in [0, 0.05) is 12.1 Å². The fourth-order valence-corrected chi connectivity index (χ4v) is 4.46. The van der Waals surface area contributed by atoms with Gasteiger partial charge in [-0.2, -0.15) is 0 Å². The van der Waals surface area contributed by atoms with Crippen molar-refractivity contribution in [2.24, 2.45) is 17.8 Å². The highest BCUT2D eigenvalue weighted by Gasteiger charge is 2.34. The zero-order valence-corrected chi connectivity index (χ0v) is 13.6. The van der Waals surface area contributed by atoms with Gasteiger partial charge in [0.05, 0.1) is 0 Å². The normalized spacial score (nSPS) is 32.4. The molecule has 2 nitrogen and oxygen atoms in total. The van der Waals surface area contributed by atoms with E-state index in [0.29, 0.717) is 17.8 Å². The molecule has 3 rings (SSSR count). The lowest BCUT2D eigenvalue weighted by molar-refractivity contribution is 0.159. The summed E-state index contributed by atoms with van der Waals surface area (Å²) in [5, 5.41) is 14.0. The number of phenols is 1. The largest absolute Gasteiger partial charge is 0.508 e. The molecule has 4 atom stereocenters. The topological polar surface area (TPSA) is 32.3 Å². The molecule has 1 aromatic carbocycles. The van der Waals surface area contributed by atoms with E-state index in [9.17, 15) is 5.11 Å². The molecule has 2 heteroatoms. The van der Waals surface area contributed by atoms with Crippen LogP contribution >= 0.6 is 0 Å². The highest BCUT2D eigenvalue weighted by Crippen LogP contribution is 2.39. The van der Waals surface area contributed by atoms with Crippen LogP contribution in [0, 0.1) is 17.8 Å². The lowest BCUT2D eigenvalue weighted by atomic mass is 9.73. The van der Waals surface area contributed by atoms with Gasteiger partial charge < -0.3 is 10.4 Å². The molecule has 4 unspecified atom stereocenters. The number of nitrogens with one attached hydrogen (secondary N) is 1. The number of hydrogen-bond donors (Lipinski definition) is 2. The van der Waals surface area contributed by atoms with Gasteiger partial charge >= 0.3 is 0 Å². The van der Waals surface area contributed by atoms with Crippen LogP contribution in [0.5, 0.6) is 5.75 Å². The van der Waals surface area contributed by atoms with Crippen LogP contribution in [-0.2, 0) is 6.42 Å². The molecule has 0 radical (unpaired) electrons. The van der Waals surface area contributed by atoms with Crippen LogP contribution in [0.3, 0.4) is 0 Å². The Morgan fingerprint density at radius 3 is 2.76 bits per heavy atom. The smallest absolute Gasteiger partial charge is 0.119 e. The van der Waals surface area contributed by atoms with E-state index < -0.39 is 0 Å². The quantitative estimate of drug-likeness (QED) is 0.862. The van der Waals surface area contributed by atoms with Crippen molar-refractivity contribution in [2.45, 2.75) is 65.0 Å². The number of fused-ring (bicyclic) bond motifs is 1.